The third kappa shape index (κ3) is 3.17. The molecule has 2 heterocycles. The van der Waals surface area contributed by atoms with Gasteiger partial charge in [-0.15, -0.1) is 11.3 Å². The fourth-order valence-corrected chi connectivity index (χ4v) is 2.99. The summed E-state index contributed by atoms with van der Waals surface area (Å²) in [6.45, 7) is 1.33. The van der Waals surface area contributed by atoms with Crippen molar-refractivity contribution in [3.05, 3.63) is 21.9 Å². The van der Waals surface area contributed by atoms with Crippen molar-refractivity contribution in [3.63, 3.8) is 0 Å². The maximum Gasteiger partial charge on any atom is 0.310 e. The molecule has 0 saturated carbocycles. The molecule has 1 aliphatic heterocycles. The summed E-state index contributed by atoms with van der Waals surface area (Å²) in [5.41, 5.74) is 0. The van der Waals surface area contributed by atoms with Gasteiger partial charge in [0.2, 0.25) is 0 Å². The summed E-state index contributed by atoms with van der Waals surface area (Å²) in [5, 5.41) is 0. The minimum absolute atomic E-state index is 0.0726. The Kier molecular flexibility index (Phi) is 4.49. The molecule has 0 bridgehead atoms. The van der Waals surface area contributed by atoms with Gasteiger partial charge >= 0.3 is 5.97 Å². The quantitative estimate of drug-likeness (QED) is 0.619. The maximum atomic E-state index is 12.2. The van der Waals surface area contributed by atoms with Crippen molar-refractivity contribution in [2.75, 3.05) is 20.3 Å². The average molecular weight is 268 g/mol. The standard InChI is InChI=1S/C13H16O4S/c1-16-12(14)8-10-2-3-11(18-10)13(15)9-4-6-17-7-5-9/h2-3,9H,4-8H2,1H3. The number of esters is 1. The number of ketones is 1. The summed E-state index contributed by atoms with van der Waals surface area (Å²) >= 11 is 1.39. The molecule has 1 aromatic heterocycles. The fraction of sp³-hybridized carbons (Fsp3) is 0.538. The Morgan fingerprint density at radius 3 is 2.78 bits per heavy atom. The van der Waals surface area contributed by atoms with Gasteiger partial charge in [-0.2, -0.15) is 0 Å². The van der Waals surface area contributed by atoms with Crippen LogP contribution in [0.4, 0.5) is 0 Å². The molecule has 0 N–H and O–H groups in total. The van der Waals surface area contributed by atoms with Crippen LogP contribution in [0.1, 0.15) is 27.4 Å². The zero-order valence-electron chi connectivity index (χ0n) is 10.3. The minimum Gasteiger partial charge on any atom is -0.469 e. The van der Waals surface area contributed by atoms with Gasteiger partial charge < -0.3 is 9.47 Å². The van der Waals surface area contributed by atoms with Gasteiger partial charge in [0, 0.05) is 24.0 Å². The molecule has 1 saturated heterocycles. The van der Waals surface area contributed by atoms with E-state index in [1.807, 2.05) is 6.07 Å². The highest BCUT2D eigenvalue weighted by atomic mass is 32.1. The lowest BCUT2D eigenvalue weighted by atomic mass is 9.94. The molecule has 0 atom stereocenters. The molecule has 1 aliphatic rings. The monoisotopic (exact) mass is 268 g/mol. The predicted molar refractivity (Wildman–Crippen MR) is 67.9 cm³/mol. The van der Waals surface area contributed by atoms with Crippen molar-refractivity contribution >= 4 is 23.1 Å². The van der Waals surface area contributed by atoms with Gasteiger partial charge in [0.15, 0.2) is 5.78 Å². The number of Topliss-reactive ketones (excluding diaryl/α,β-unsaturated/α-hetero) is 1. The van der Waals surface area contributed by atoms with Crippen molar-refractivity contribution < 1.29 is 19.1 Å². The largest absolute Gasteiger partial charge is 0.469 e. The van der Waals surface area contributed by atoms with Crippen LogP contribution >= 0.6 is 11.3 Å². The second kappa shape index (κ2) is 6.11. The van der Waals surface area contributed by atoms with Crippen molar-refractivity contribution in [2.45, 2.75) is 19.3 Å². The molecule has 18 heavy (non-hydrogen) atoms. The molecule has 2 rings (SSSR count). The van der Waals surface area contributed by atoms with Gasteiger partial charge in [0.1, 0.15) is 0 Å². The number of rotatable bonds is 4. The minimum atomic E-state index is -0.276. The molecule has 0 radical (unpaired) electrons. The van der Waals surface area contributed by atoms with E-state index >= 15 is 0 Å². The molecule has 0 aromatic carbocycles. The molecular weight excluding hydrogens is 252 g/mol. The number of hydrogen-bond donors (Lipinski definition) is 0. The smallest absolute Gasteiger partial charge is 0.310 e. The lowest BCUT2D eigenvalue weighted by Gasteiger charge is -2.19. The van der Waals surface area contributed by atoms with E-state index in [0.717, 1.165) is 22.6 Å². The Bertz CT molecular complexity index is 432. The van der Waals surface area contributed by atoms with Crippen molar-refractivity contribution in [1.29, 1.82) is 0 Å². The zero-order valence-corrected chi connectivity index (χ0v) is 11.1. The lowest BCUT2D eigenvalue weighted by molar-refractivity contribution is -0.139. The second-order valence-electron chi connectivity index (χ2n) is 4.27. The van der Waals surface area contributed by atoms with Gasteiger partial charge in [-0.05, 0) is 25.0 Å². The van der Waals surface area contributed by atoms with Gasteiger partial charge in [0.25, 0.3) is 0 Å². The zero-order chi connectivity index (χ0) is 13.0. The first-order valence-corrected chi connectivity index (χ1v) is 6.80. The van der Waals surface area contributed by atoms with Crippen molar-refractivity contribution in [2.24, 2.45) is 5.92 Å². The Morgan fingerprint density at radius 1 is 1.39 bits per heavy atom. The predicted octanol–water partition coefficient (Wildman–Crippen LogP) is 2.07. The molecule has 4 nitrogen and oxygen atoms in total. The summed E-state index contributed by atoms with van der Waals surface area (Å²) < 4.78 is 9.85. The number of hydrogen-bond acceptors (Lipinski definition) is 5. The summed E-state index contributed by atoms with van der Waals surface area (Å²) in [5.74, 6) is -0.0234. The van der Waals surface area contributed by atoms with Crippen LogP contribution < -0.4 is 0 Å². The normalized spacial score (nSPS) is 16.5. The number of methoxy groups -OCH3 is 1. The fourth-order valence-electron chi connectivity index (χ4n) is 1.98. The SMILES string of the molecule is COC(=O)Cc1ccc(C(=O)C2CCOCC2)s1. The third-order valence-corrected chi connectivity index (χ3v) is 4.14. The van der Waals surface area contributed by atoms with Crippen LogP contribution in [0.15, 0.2) is 12.1 Å². The van der Waals surface area contributed by atoms with Crippen LogP contribution in [-0.4, -0.2) is 32.1 Å². The first kappa shape index (κ1) is 13.2. The van der Waals surface area contributed by atoms with Gasteiger partial charge in [-0.1, -0.05) is 0 Å². The summed E-state index contributed by atoms with van der Waals surface area (Å²) in [4.78, 5) is 25.0. The molecule has 0 aliphatic carbocycles. The molecule has 0 spiro atoms. The molecule has 1 fully saturated rings. The average Bonchev–Trinajstić information content (AvgIpc) is 2.87. The highest BCUT2D eigenvalue weighted by molar-refractivity contribution is 7.14. The van der Waals surface area contributed by atoms with E-state index in [-0.39, 0.29) is 24.1 Å². The van der Waals surface area contributed by atoms with E-state index < -0.39 is 0 Å². The molecule has 0 amide bonds. The maximum absolute atomic E-state index is 12.2. The van der Waals surface area contributed by atoms with Crippen molar-refractivity contribution in [3.8, 4) is 0 Å². The third-order valence-electron chi connectivity index (χ3n) is 3.04. The molecule has 5 heteroatoms. The van der Waals surface area contributed by atoms with Crippen molar-refractivity contribution in [1.82, 2.24) is 0 Å². The molecule has 0 unspecified atom stereocenters. The second-order valence-corrected chi connectivity index (χ2v) is 5.44. The van der Waals surface area contributed by atoms with E-state index in [1.165, 1.54) is 18.4 Å². The van der Waals surface area contributed by atoms with Gasteiger partial charge in [-0.25, -0.2) is 0 Å². The Hall–Kier alpha value is -1.20. The summed E-state index contributed by atoms with van der Waals surface area (Å²) in [7, 11) is 1.37. The molecule has 1 aromatic rings. The number of carbonyl (C=O) groups is 2. The number of ether oxygens (including phenoxy) is 2. The summed E-state index contributed by atoms with van der Waals surface area (Å²) in [6.07, 6.45) is 1.83. The van der Waals surface area contributed by atoms with Gasteiger partial charge in [0.05, 0.1) is 18.4 Å². The Morgan fingerprint density at radius 2 is 2.11 bits per heavy atom. The Labute approximate surface area is 110 Å². The first-order valence-electron chi connectivity index (χ1n) is 5.98. The van der Waals surface area contributed by atoms with Crippen LogP contribution in [0.3, 0.4) is 0 Å². The van der Waals surface area contributed by atoms with Crippen LogP contribution in [0.2, 0.25) is 0 Å². The van der Waals surface area contributed by atoms with Gasteiger partial charge in [-0.3, -0.25) is 9.59 Å². The van der Waals surface area contributed by atoms with E-state index in [0.29, 0.717) is 13.2 Å². The highest BCUT2D eigenvalue weighted by Crippen LogP contribution is 2.25. The van der Waals surface area contributed by atoms with E-state index in [1.54, 1.807) is 6.07 Å². The summed E-state index contributed by atoms with van der Waals surface area (Å²) in [6, 6.07) is 3.63. The van der Waals surface area contributed by atoms with Crippen LogP contribution in [0.5, 0.6) is 0 Å². The molecule has 98 valence electrons. The van der Waals surface area contributed by atoms with E-state index in [2.05, 4.69) is 4.74 Å². The lowest BCUT2D eigenvalue weighted by Crippen LogP contribution is -2.22. The number of thiophene rings is 1. The van der Waals surface area contributed by atoms with Crippen LogP contribution in [-0.2, 0) is 20.7 Å². The topological polar surface area (TPSA) is 52.6 Å². The van der Waals surface area contributed by atoms with Crippen LogP contribution in [0, 0.1) is 5.92 Å². The van der Waals surface area contributed by atoms with E-state index in [9.17, 15) is 9.59 Å². The molecular formula is C13H16O4S. The van der Waals surface area contributed by atoms with Crippen LogP contribution in [0.25, 0.3) is 0 Å². The Balaban J connectivity index is 2.00. The van der Waals surface area contributed by atoms with E-state index in [4.69, 9.17) is 4.74 Å². The first-order chi connectivity index (χ1) is 8.70. The number of carbonyl (C=O) groups excluding carboxylic acids is 2. The highest BCUT2D eigenvalue weighted by Gasteiger charge is 2.24.